The maximum Gasteiger partial charge on any atom is 0.223 e. The third kappa shape index (κ3) is 3.98. The van der Waals surface area contributed by atoms with E-state index >= 15 is 0 Å². The van der Waals surface area contributed by atoms with E-state index < -0.39 is 0 Å². The monoisotopic (exact) mass is 287 g/mol. The van der Waals surface area contributed by atoms with Gasteiger partial charge in [0.2, 0.25) is 5.95 Å². The molecule has 6 heteroatoms. The van der Waals surface area contributed by atoms with Gasteiger partial charge in [-0.2, -0.15) is 9.97 Å². The Bertz CT molecular complexity index is 615. The zero-order valence-electron chi connectivity index (χ0n) is 12.6. The van der Waals surface area contributed by atoms with Gasteiger partial charge in [0.15, 0.2) is 0 Å². The molecule has 1 aromatic heterocycles. The minimum atomic E-state index is 0.227. The second-order valence-electron chi connectivity index (χ2n) is 4.75. The summed E-state index contributed by atoms with van der Waals surface area (Å²) >= 11 is 0. The number of aromatic nitrogens is 2. The average Bonchev–Trinajstić information content (AvgIpc) is 2.45. The molecule has 0 amide bonds. The van der Waals surface area contributed by atoms with E-state index in [0.717, 1.165) is 30.0 Å². The molecule has 4 N–H and O–H groups in total. The van der Waals surface area contributed by atoms with E-state index in [1.54, 1.807) is 7.11 Å². The molecule has 0 aliphatic carbocycles. The van der Waals surface area contributed by atoms with Gasteiger partial charge < -0.3 is 21.1 Å². The van der Waals surface area contributed by atoms with Crippen molar-refractivity contribution >= 4 is 23.3 Å². The van der Waals surface area contributed by atoms with Crippen LogP contribution in [-0.2, 0) is 0 Å². The molecule has 0 aliphatic rings. The molecule has 0 unspecified atom stereocenters. The van der Waals surface area contributed by atoms with Crippen molar-refractivity contribution in [2.24, 2.45) is 0 Å². The summed E-state index contributed by atoms with van der Waals surface area (Å²) in [5, 5.41) is 6.42. The lowest BCUT2D eigenvalue weighted by Gasteiger charge is -2.13. The molecule has 0 atom stereocenters. The maximum absolute atomic E-state index is 5.75. The SMILES string of the molecule is CCCNc1cc(Nc2cc(C)ccc2OC)nc(N)n1. The molecule has 0 aliphatic heterocycles. The number of nitrogens with one attached hydrogen (secondary N) is 2. The van der Waals surface area contributed by atoms with E-state index in [9.17, 15) is 0 Å². The average molecular weight is 287 g/mol. The summed E-state index contributed by atoms with van der Waals surface area (Å²) in [5.41, 5.74) is 7.73. The fourth-order valence-electron chi connectivity index (χ4n) is 1.93. The summed E-state index contributed by atoms with van der Waals surface area (Å²) in [6.45, 7) is 4.95. The van der Waals surface area contributed by atoms with Gasteiger partial charge in [-0.1, -0.05) is 13.0 Å². The summed E-state index contributed by atoms with van der Waals surface area (Å²) in [6, 6.07) is 7.73. The number of ether oxygens (including phenoxy) is 1. The first kappa shape index (κ1) is 14.9. The maximum atomic E-state index is 5.75. The van der Waals surface area contributed by atoms with Crippen LogP contribution in [0.25, 0.3) is 0 Å². The molecule has 2 rings (SSSR count). The Kier molecular flexibility index (Phi) is 4.81. The third-order valence-corrected chi connectivity index (χ3v) is 2.92. The Labute approximate surface area is 124 Å². The van der Waals surface area contributed by atoms with Crippen molar-refractivity contribution in [1.29, 1.82) is 0 Å². The van der Waals surface area contributed by atoms with Crippen molar-refractivity contribution in [1.82, 2.24) is 9.97 Å². The van der Waals surface area contributed by atoms with E-state index in [0.29, 0.717) is 11.6 Å². The molecule has 0 radical (unpaired) electrons. The molecule has 0 spiro atoms. The number of methoxy groups -OCH3 is 1. The van der Waals surface area contributed by atoms with Crippen LogP contribution in [0.3, 0.4) is 0 Å². The Morgan fingerprint density at radius 3 is 2.67 bits per heavy atom. The van der Waals surface area contributed by atoms with E-state index in [-0.39, 0.29) is 5.95 Å². The molecule has 6 nitrogen and oxygen atoms in total. The summed E-state index contributed by atoms with van der Waals surface area (Å²) in [4.78, 5) is 8.36. The van der Waals surface area contributed by atoms with Crippen LogP contribution in [0, 0.1) is 6.92 Å². The molecule has 0 saturated heterocycles. The number of benzene rings is 1. The largest absolute Gasteiger partial charge is 0.495 e. The lowest BCUT2D eigenvalue weighted by molar-refractivity contribution is 0.416. The van der Waals surface area contributed by atoms with Gasteiger partial charge in [-0.3, -0.25) is 0 Å². The first-order valence-corrected chi connectivity index (χ1v) is 6.92. The number of nitrogens with zero attached hydrogens (tertiary/aromatic N) is 2. The number of rotatable bonds is 6. The summed E-state index contributed by atoms with van der Waals surface area (Å²) in [7, 11) is 1.64. The van der Waals surface area contributed by atoms with E-state index in [1.807, 2.05) is 31.2 Å². The number of hydrogen-bond donors (Lipinski definition) is 3. The highest BCUT2D eigenvalue weighted by atomic mass is 16.5. The summed E-state index contributed by atoms with van der Waals surface area (Å²) in [6.07, 6.45) is 1.01. The number of anilines is 4. The second-order valence-corrected chi connectivity index (χ2v) is 4.75. The Morgan fingerprint density at radius 1 is 1.19 bits per heavy atom. The normalized spacial score (nSPS) is 10.2. The van der Waals surface area contributed by atoms with Gasteiger partial charge in [0, 0.05) is 12.6 Å². The number of hydrogen-bond acceptors (Lipinski definition) is 6. The second kappa shape index (κ2) is 6.78. The molecule has 1 aromatic carbocycles. The van der Waals surface area contributed by atoms with Crippen LogP contribution in [0.2, 0.25) is 0 Å². The Morgan fingerprint density at radius 2 is 1.95 bits per heavy atom. The predicted octanol–water partition coefficient (Wildman–Crippen LogP) is 2.94. The smallest absolute Gasteiger partial charge is 0.223 e. The van der Waals surface area contributed by atoms with Crippen LogP contribution in [0.15, 0.2) is 24.3 Å². The van der Waals surface area contributed by atoms with Crippen LogP contribution in [0.4, 0.5) is 23.3 Å². The van der Waals surface area contributed by atoms with Gasteiger partial charge in [-0.15, -0.1) is 0 Å². The fraction of sp³-hybridized carbons (Fsp3) is 0.333. The van der Waals surface area contributed by atoms with Gasteiger partial charge >= 0.3 is 0 Å². The first-order valence-electron chi connectivity index (χ1n) is 6.92. The van der Waals surface area contributed by atoms with Gasteiger partial charge in [0.25, 0.3) is 0 Å². The van der Waals surface area contributed by atoms with Gasteiger partial charge in [0.05, 0.1) is 12.8 Å². The molecule has 112 valence electrons. The molecule has 0 saturated carbocycles. The van der Waals surface area contributed by atoms with Crippen LogP contribution in [-0.4, -0.2) is 23.6 Å². The van der Waals surface area contributed by atoms with Crippen molar-refractivity contribution in [2.45, 2.75) is 20.3 Å². The topological polar surface area (TPSA) is 85.1 Å². The molecule has 0 bridgehead atoms. The minimum Gasteiger partial charge on any atom is -0.495 e. The van der Waals surface area contributed by atoms with Gasteiger partial charge in [-0.05, 0) is 31.0 Å². The van der Waals surface area contributed by atoms with Gasteiger partial charge in [-0.25, -0.2) is 0 Å². The van der Waals surface area contributed by atoms with Crippen molar-refractivity contribution in [3.63, 3.8) is 0 Å². The quantitative estimate of drug-likeness (QED) is 0.757. The van der Waals surface area contributed by atoms with Crippen molar-refractivity contribution in [3.05, 3.63) is 29.8 Å². The molecule has 2 aromatic rings. The molecular weight excluding hydrogens is 266 g/mol. The standard InChI is InChI=1S/C15H21N5O/c1-4-7-17-13-9-14(20-15(16)19-13)18-11-8-10(2)5-6-12(11)21-3/h5-6,8-9H,4,7H2,1-3H3,(H4,16,17,18,19,20). The zero-order valence-corrected chi connectivity index (χ0v) is 12.6. The number of nitrogen functional groups attached to an aromatic ring is 1. The molecular formula is C15H21N5O. The van der Waals surface area contributed by atoms with Gasteiger partial charge in [0.1, 0.15) is 17.4 Å². The minimum absolute atomic E-state index is 0.227. The van der Waals surface area contributed by atoms with Crippen LogP contribution in [0.1, 0.15) is 18.9 Å². The van der Waals surface area contributed by atoms with E-state index in [2.05, 4.69) is 27.5 Å². The zero-order chi connectivity index (χ0) is 15.2. The Hall–Kier alpha value is -2.50. The Balaban J connectivity index is 2.26. The van der Waals surface area contributed by atoms with Crippen LogP contribution < -0.4 is 21.1 Å². The molecule has 1 heterocycles. The summed E-state index contributed by atoms with van der Waals surface area (Å²) in [5.74, 6) is 2.31. The lowest BCUT2D eigenvalue weighted by atomic mass is 10.2. The van der Waals surface area contributed by atoms with E-state index in [1.165, 1.54) is 0 Å². The van der Waals surface area contributed by atoms with Crippen molar-refractivity contribution in [3.8, 4) is 5.75 Å². The number of aryl methyl sites for hydroxylation is 1. The molecule has 0 fully saturated rings. The van der Waals surface area contributed by atoms with E-state index in [4.69, 9.17) is 10.5 Å². The lowest BCUT2D eigenvalue weighted by Crippen LogP contribution is -2.07. The van der Waals surface area contributed by atoms with Crippen LogP contribution in [0.5, 0.6) is 5.75 Å². The highest BCUT2D eigenvalue weighted by Crippen LogP contribution is 2.28. The van der Waals surface area contributed by atoms with Crippen LogP contribution >= 0.6 is 0 Å². The van der Waals surface area contributed by atoms with Crippen molar-refractivity contribution in [2.75, 3.05) is 30.0 Å². The fourth-order valence-corrected chi connectivity index (χ4v) is 1.93. The highest BCUT2D eigenvalue weighted by molar-refractivity contribution is 5.67. The van der Waals surface area contributed by atoms with Crippen molar-refractivity contribution < 1.29 is 4.74 Å². The number of nitrogens with two attached hydrogens (primary N) is 1. The third-order valence-electron chi connectivity index (χ3n) is 2.92. The molecule has 21 heavy (non-hydrogen) atoms. The predicted molar refractivity (Wildman–Crippen MR) is 86.2 cm³/mol. The first-order chi connectivity index (χ1) is 10.1. The highest BCUT2D eigenvalue weighted by Gasteiger charge is 2.07. The summed E-state index contributed by atoms with van der Waals surface area (Å²) < 4.78 is 5.35.